The number of esters is 1. The lowest BCUT2D eigenvalue weighted by atomic mass is 10.1. The second kappa shape index (κ2) is 9.68. The van der Waals surface area contributed by atoms with Crippen LogP contribution in [0.15, 0.2) is 63.8 Å². The van der Waals surface area contributed by atoms with E-state index in [1.54, 1.807) is 25.1 Å². The molecular formula is C23H23NO5. The lowest BCUT2D eigenvalue weighted by Crippen LogP contribution is -2.12. The number of carbonyl (C=O) groups excluding carboxylic acids is 2. The highest BCUT2D eigenvalue weighted by Crippen LogP contribution is 2.19. The largest absolute Gasteiger partial charge is 0.460 e. The van der Waals surface area contributed by atoms with Gasteiger partial charge in [0.2, 0.25) is 11.7 Å². The summed E-state index contributed by atoms with van der Waals surface area (Å²) in [5, 5.41) is 3.10. The molecule has 1 N–H and O–H groups in total. The van der Waals surface area contributed by atoms with Crippen LogP contribution in [-0.2, 0) is 16.0 Å². The second-order valence-corrected chi connectivity index (χ2v) is 6.65. The summed E-state index contributed by atoms with van der Waals surface area (Å²) >= 11 is 0. The number of hydrogen-bond donors (Lipinski definition) is 1. The second-order valence-electron chi connectivity index (χ2n) is 6.65. The van der Waals surface area contributed by atoms with Crippen LogP contribution in [0.2, 0.25) is 0 Å². The Bertz CT molecular complexity index is 1060. The molecule has 0 aliphatic heterocycles. The van der Waals surface area contributed by atoms with E-state index in [-0.39, 0.29) is 29.3 Å². The zero-order chi connectivity index (χ0) is 20.6. The van der Waals surface area contributed by atoms with Crippen molar-refractivity contribution in [2.24, 2.45) is 0 Å². The fourth-order valence-electron chi connectivity index (χ4n) is 3.02. The van der Waals surface area contributed by atoms with Gasteiger partial charge in [0.25, 0.3) is 0 Å². The van der Waals surface area contributed by atoms with Crippen molar-refractivity contribution >= 4 is 28.5 Å². The van der Waals surface area contributed by atoms with Crippen LogP contribution >= 0.6 is 0 Å². The van der Waals surface area contributed by atoms with Gasteiger partial charge in [-0.2, -0.15) is 0 Å². The van der Waals surface area contributed by atoms with Crippen molar-refractivity contribution < 1.29 is 18.7 Å². The van der Waals surface area contributed by atoms with Gasteiger partial charge < -0.3 is 14.5 Å². The van der Waals surface area contributed by atoms with E-state index < -0.39 is 5.97 Å². The average Bonchev–Trinajstić information content (AvgIpc) is 2.72. The first-order chi connectivity index (χ1) is 14.1. The molecule has 3 rings (SSSR count). The van der Waals surface area contributed by atoms with E-state index in [1.165, 1.54) is 5.56 Å². The lowest BCUT2D eigenvalue weighted by molar-refractivity contribution is -0.116. The molecule has 3 aromatic rings. The van der Waals surface area contributed by atoms with Gasteiger partial charge in [-0.15, -0.1) is 0 Å². The van der Waals surface area contributed by atoms with Crippen molar-refractivity contribution in [3.8, 4) is 0 Å². The highest BCUT2D eigenvalue weighted by molar-refractivity contribution is 5.94. The molecule has 0 saturated carbocycles. The van der Waals surface area contributed by atoms with Gasteiger partial charge in [0.05, 0.1) is 12.0 Å². The fourth-order valence-corrected chi connectivity index (χ4v) is 3.02. The number of aryl methyl sites for hydroxylation is 1. The van der Waals surface area contributed by atoms with Crippen LogP contribution < -0.4 is 10.7 Å². The van der Waals surface area contributed by atoms with E-state index in [4.69, 9.17) is 9.15 Å². The van der Waals surface area contributed by atoms with E-state index in [1.807, 2.05) is 18.2 Å². The molecule has 29 heavy (non-hydrogen) atoms. The van der Waals surface area contributed by atoms with Gasteiger partial charge in [-0.1, -0.05) is 30.3 Å². The molecule has 0 unspecified atom stereocenters. The van der Waals surface area contributed by atoms with Crippen LogP contribution in [0.5, 0.6) is 0 Å². The molecule has 0 radical (unpaired) electrons. The zero-order valence-corrected chi connectivity index (χ0v) is 16.3. The molecule has 1 aromatic heterocycles. The molecule has 6 heteroatoms. The standard InChI is InChI=1S/C23H23NO5/c1-2-28-23(27)21-15-19(25)18-14-17(12-13-20(18)29-21)24-22(26)11-7-6-10-16-8-4-3-5-9-16/h3-5,8-9,12-15H,2,6-7,10-11H2,1H3,(H,24,26). The zero-order valence-electron chi connectivity index (χ0n) is 16.3. The van der Waals surface area contributed by atoms with Gasteiger partial charge >= 0.3 is 5.97 Å². The van der Waals surface area contributed by atoms with Crippen LogP contribution in [0.25, 0.3) is 11.0 Å². The van der Waals surface area contributed by atoms with E-state index in [9.17, 15) is 14.4 Å². The summed E-state index contributed by atoms with van der Waals surface area (Å²) in [6, 6.07) is 16.0. The minimum absolute atomic E-state index is 0.107. The first kappa shape index (κ1) is 20.3. The van der Waals surface area contributed by atoms with Crippen molar-refractivity contribution in [1.82, 2.24) is 0 Å². The van der Waals surface area contributed by atoms with Gasteiger partial charge in [0.15, 0.2) is 5.43 Å². The van der Waals surface area contributed by atoms with E-state index >= 15 is 0 Å². The summed E-state index contributed by atoms with van der Waals surface area (Å²) in [5.74, 6) is -0.927. The quantitative estimate of drug-likeness (QED) is 0.455. The molecular weight excluding hydrogens is 370 g/mol. The number of anilines is 1. The van der Waals surface area contributed by atoms with E-state index in [0.717, 1.165) is 25.3 Å². The Kier molecular flexibility index (Phi) is 6.79. The number of rotatable bonds is 8. The minimum atomic E-state index is -0.681. The van der Waals surface area contributed by atoms with Crippen molar-refractivity contribution in [3.05, 3.63) is 76.1 Å². The molecule has 6 nitrogen and oxygen atoms in total. The summed E-state index contributed by atoms with van der Waals surface area (Å²) in [6.45, 7) is 1.87. The Morgan fingerprint density at radius 3 is 2.59 bits per heavy atom. The fraction of sp³-hybridized carbons (Fsp3) is 0.261. The van der Waals surface area contributed by atoms with E-state index in [2.05, 4.69) is 17.4 Å². The van der Waals surface area contributed by atoms with Crippen LogP contribution in [-0.4, -0.2) is 18.5 Å². The predicted octanol–water partition coefficient (Wildman–Crippen LogP) is 4.32. The SMILES string of the molecule is CCOC(=O)c1cc(=O)c2cc(NC(=O)CCCCc3ccccc3)ccc2o1. The summed E-state index contributed by atoms with van der Waals surface area (Å²) in [7, 11) is 0. The molecule has 0 saturated heterocycles. The molecule has 0 spiro atoms. The molecule has 0 atom stereocenters. The third-order valence-corrected chi connectivity index (χ3v) is 4.45. The number of ether oxygens (including phenoxy) is 1. The smallest absolute Gasteiger partial charge is 0.374 e. The highest BCUT2D eigenvalue weighted by atomic mass is 16.5. The topological polar surface area (TPSA) is 85.6 Å². The summed E-state index contributed by atoms with van der Waals surface area (Å²) in [4.78, 5) is 36.3. The first-order valence-corrected chi connectivity index (χ1v) is 9.65. The van der Waals surface area contributed by atoms with Gasteiger partial charge in [0, 0.05) is 18.2 Å². The Labute approximate surface area is 168 Å². The number of hydrogen-bond acceptors (Lipinski definition) is 5. The van der Waals surface area contributed by atoms with Crippen molar-refractivity contribution in [2.45, 2.75) is 32.6 Å². The maximum absolute atomic E-state index is 12.3. The summed E-state index contributed by atoms with van der Waals surface area (Å²) < 4.78 is 10.3. The molecule has 0 fully saturated rings. The normalized spacial score (nSPS) is 10.7. The Morgan fingerprint density at radius 2 is 1.83 bits per heavy atom. The lowest BCUT2D eigenvalue weighted by Gasteiger charge is -2.07. The van der Waals surface area contributed by atoms with Crippen molar-refractivity contribution in [2.75, 3.05) is 11.9 Å². The van der Waals surface area contributed by atoms with Crippen molar-refractivity contribution in [1.29, 1.82) is 0 Å². The summed E-state index contributed by atoms with van der Waals surface area (Å²) in [5.41, 5.74) is 1.67. The van der Waals surface area contributed by atoms with Crippen LogP contribution in [0, 0.1) is 0 Å². The number of nitrogens with one attached hydrogen (secondary N) is 1. The van der Waals surface area contributed by atoms with Crippen LogP contribution in [0.1, 0.15) is 42.3 Å². The number of carbonyl (C=O) groups is 2. The number of fused-ring (bicyclic) bond motifs is 1. The Hall–Kier alpha value is -3.41. The Balaban J connectivity index is 1.59. The van der Waals surface area contributed by atoms with Crippen molar-refractivity contribution in [3.63, 3.8) is 0 Å². The molecule has 1 heterocycles. The molecule has 0 bridgehead atoms. The van der Waals surface area contributed by atoms with Gasteiger partial charge in [0.1, 0.15) is 5.58 Å². The molecule has 1 amide bonds. The number of unbranched alkanes of at least 4 members (excludes halogenated alkanes) is 1. The van der Waals surface area contributed by atoms with Crippen LogP contribution in [0.4, 0.5) is 5.69 Å². The van der Waals surface area contributed by atoms with Gasteiger partial charge in [-0.05, 0) is 49.9 Å². The number of amides is 1. The third-order valence-electron chi connectivity index (χ3n) is 4.45. The van der Waals surface area contributed by atoms with Gasteiger partial charge in [-0.3, -0.25) is 9.59 Å². The maximum atomic E-state index is 12.3. The molecule has 0 aliphatic carbocycles. The van der Waals surface area contributed by atoms with Gasteiger partial charge in [-0.25, -0.2) is 4.79 Å². The predicted molar refractivity (Wildman–Crippen MR) is 111 cm³/mol. The molecule has 2 aromatic carbocycles. The first-order valence-electron chi connectivity index (χ1n) is 9.65. The monoisotopic (exact) mass is 393 g/mol. The van der Waals surface area contributed by atoms with E-state index in [0.29, 0.717) is 17.5 Å². The maximum Gasteiger partial charge on any atom is 0.374 e. The Morgan fingerprint density at radius 1 is 1.03 bits per heavy atom. The minimum Gasteiger partial charge on any atom is -0.460 e. The van der Waals surface area contributed by atoms with Crippen LogP contribution in [0.3, 0.4) is 0 Å². The molecule has 0 aliphatic rings. The highest BCUT2D eigenvalue weighted by Gasteiger charge is 2.14. The third kappa shape index (κ3) is 5.54. The number of benzene rings is 2. The average molecular weight is 393 g/mol. The molecule has 150 valence electrons. The summed E-state index contributed by atoms with van der Waals surface area (Å²) in [6.07, 6.45) is 3.05.